The van der Waals surface area contributed by atoms with E-state index >= 15 is 0 Å². The molecule has 0 unspecified atom stereocenters. The minimum Gasteiger partial charge on any atom is -0.506 e. The molecular weight excluding hydrogens is 211 g/mol. The number of phenols is 1. The van der Waals surface area contributed by atoms with Gasteiger partial charge in [-0.05, 0) is 18.1 Å². The average molecular weight is 217 g/mol. The van der Waals surface area contributed by atoms with Crippen LogP contribution in [0.2, 0.25) is 10.0 Å². The number of hydrogen-bond acceptors (Lipinski definition) is 2. The number of benzene rings is 1. The Hall–Kier alpha value is -0.730. The van der Waals surface area contributed by atoms with Gasteiger partial charge in [0.25, 0.3) is 0 Å². The highest BCUT2D eigenvalue weighted by molar-refractivity contribution is 6.45. The van der Waals surface area contributed by atoms with Gasteiger partial charge in [-0.15, -0.1) is 0 Å². The fourth-order valence-corrected chi connectivity index (χ4v) is 2.01. The quantitative estimate of drug-likeness (QED) is 0.725. The molecule has 2 nitrogen and oxygen atoms in total. The summed E-state index contributed by atoms with van der Waals surface area (Å²) in [6.45, 7) is 0. The van der Waals surface area contributed by atoms with Crippen molar-refractivity contribution in [1.29, 1.82) is 0 Å². The van der Waals surface area contributed by atoms with Gasteiger partial charge >= 0.3 is 0 Å². The maximum atomic E-state index is 11.3. The van der Waals surface area contributed by atoms with Crippen molar-refractivity contribution >= 4 is 29.0 Å². The van der Waals surface area contributed by atoms with Gasteiger partial charge in [0.05, 0.1) is 5.02 Å². The van der Waals surface area contributed by atoms with Crippen molar-refractivity contribution in [2.24, 2.45) is 0 Å². The largest absolute Gasteiger partial charge is 0.506 e. The van der Waals surface area contributed by atoms with Crippen LogP contribution in [-0.4, -0.2) is 10.9 Å². The van der Waals surface area contributed by atoms with E-state index in [4.69, 9.17) is 23.2 Å². The lowest BCUT2D eigenvalue weighted by Gasteiger charge is -2.04. The lowest BCUT2D eigenvalue weighted by Crippen LogP contribution is -1.93. The van der Waals surface area contributed by atoms with E-state index in [2.05, 4.69) is 0 Å². The number of Topliss-reactive ketones (excluding diaryl/α,β-unsaturated/α-hetero) is 1. The van der Waals surface area contributed by atoms with Gasteiger partial charge in [0.15, 0.2) is 5.78 Å². The van der Waals surface area contributed by atoms with Gasteiger partial charge in [-0.2, -0.15) is 0 Å². The summed E-state index contributed by atoms with van der Waals surface area (Å²) in [4.78, 5) is 11.3. The number of aryl methyl sites for hydroxylation is 1. The Morgan fingerprint density at radius 1 is 1.23 bits per heavy atom. The molecule has 13 heavy (non-hydrogen) atoms. The number of halogens is 2. The summed E-state index contributed by atoms with van der Waals surface area (Å²) >= 11 is 11.5. The van der Waals surface area contributed by atoms with E-state index in [1.807, 2.05) is 0 Å². The van der Waals surface area contributed by atoms with Gasteiger partial charge in [0, 0.05) is 12.0 Å². The Bertz CT molecular complexity index is 399. The topological polar surface area (TPSA) is 37.3 Å². The molecule has 1 N–H and O–H groups in total. The molecule has 2 rings (SSSR count). The summed E-state index contributed by atoms with van der Waals surface area (Å²) in [7, 11) is 0. The van der Waals surface area contributed by atoms with Crippen molar-refractivity contribution in [3.63, 3.8) is 0 Å². The van der Waals surface area contributed by atoms with E-state index < -0.39 is 0 Å². The molecule has 0 atom stereocenters. The van der Waals surface area contributed by atoms with Crippen LogP contribution in [0.25, 0.3) is 0 Å². The summed E-state index contributed by atoms with van der Waals surface area (Å²) in [5.74, 6) is -0.0537. The van der Waals surface area contributed by atoms with Crippen LogP contribution < -0.4 is 0 Å². The van der Waals surface area contributed by atoms with Crippen LogP contribution in [0.3, 0.4) is 0 Å². The van der Waals surface area contributed by atoms with E-state index in [1.165, 1.54) is 6.07 Å². The molecule has 4 heteroatoms. The SMILES string of the molecule is O=C1CCc2cc(O)c(Cl)c(Cl)c21. The highest BCUT2D eigenvalue weighted by Gasteiger charge is 2.25. The molecule has 0 saturated carbocycles. The molecule has 0 amide bonds. The predicted molar refractivity (Wildman–Crippen MR) is 50.8 cm³/mol. The first-order valence-electron chi connectivity index (χ1n) is 3.84. The van der Waals surface area contributed by atoms with Crippen molar-refractivity contribution < 1.29 is 9.90 Å². The molecule has 1 aromatic rings. The van der Waals surface area contributed by atoms with Crippen molar-refractivity contribution in [2.75, 3.05) is 0 Å². The van der Waals surface area contributed by atoms with Crippen LogP contribution in [0.4, 0.5) is 0 Å². The van der Waals surface area contributed by atoms with Gasteiger partial charge in [-0.25, -0.2) is 0 Å². The fraction of sp³-hybridized carbons (Fsp3) is 0.222. The van der Waals surface area contributed by atoms with Crippen LogP contribution in [0, 0.1) is 0 Å². The first-order valence-corrected chi connectivity index (χ1v) is 4.60. The van der Waals surface area contributed by atoms with E-state index in [-0.39, 0.29) is 21.6 Å². The number of aromatic hydroxyl groups is 1. The monoisotopic (exact) mass is 216 g/mol. The van der Waals surface area contributed by atoms with Gasteiger partial charge in [0.1, 0.15) is 10.8 Å². The van der Waals surface area contributed by atoms with Crippen molar-refractivity contribution in [1.82, 2.24) is 0 Å². The molecule has 0 heterocycles. The van der Waals surface area contributed by atoms with Crippen LogP contribution in [0.15, 0.2) is 6.07 Å². The fourth-order valence-electron chi connectivity index (χ4n) is 1.54. The smallest absolute Gasteiger partial charge is 0.165 e. The van der Waals surface area contributed by atoms with Crippen molar-refractivity contribution in [3.8, 4) is 5.75 Å². The molecule has 1 aromatic carbocycles. The third-order valence-electron chi connectivity index (χ3n) is 2.17. The lowest BCUT2D eigenvalue weighted by molar-refractivity contribution is 0.0994. The van der Waals surface area contributed by atoms with E-state index in [0.29, 0.717) is 18.4 Å². The molecule has 0 radical (unpaired) electrons. The Morgan fingerprint density at radius 3 is 2.62 bits per heavy atom. The molecule has 1 aliphatic rings. The van der Waals surface area contributed by atoms with Crippen LogP contribution in [0.5, 0.6) is 5.75 Å². The summed E-state index contributed by atoms with van der Waals surface area (Å²) in [6, 6.07) is 1.51. The number of ketones is 1. The zero-order chi connectivity index (χ0) is 9.59. The lowest BCUT2D eigenvalue weighted by atomic mass is 10.1. The summed E-state index contributed by atoms with van der Waals surface area (Å²) in [5, 5.41) is 9.57. The molecule has 1 aliphatic carbocycles. The molecule has 68 valence electrons. The first-order chi connectivity index (χ1) is 6.11. The molecular formula is C9H6Cl2O2. The molecule has 0 saturated heterocycles. The standard InChI is InChI=1S/C9H6Cl2O2/c10-8-6(13)3-4-1-2-5(12)7(4)9(8)11/h3,13H,1-2H2. The highest BCUT2D eigenvalue weighted by Crippen LogP contribution is 2.39. The van der Waals surface area contributed by atoms with Gasteiger partial charge in [-0.3, -0.25) is 4.79 Å². The maximum absolute atomic E-state index is 11.3. The van der Waals surface area contributed by atoms with Crippen LogP contribution >= 0.6 is 23.2 Å². The second-order valence-electron chi connectivity index (χ2n) is 2.98. The maximum Gasteiger partial charge on any atom is 0.165 e. The van der Waals surface area contributed by atoms with Crippen LogP contribution in [0.1, 0.15) is 22.3 Å². The predicted octanol–water partition coefficient (Wildman–Crippen LogP) is 2.83. The zero-order valence-corrected chi connectivity index (χ0v) is 8.11. The Balaban J connectivity index is 2.75. The average Bonchev–Trinajstić information content (AvgIpc) is 2.43. The van der Waals surface area contributed by atoms with E-state index in [9.17, 15) is 9.90 Å². The summed E-state index contributed by atoms with van der Waals surface area (Å²) < 4.78 is 0. The molecule has 0 fully saturated rings. The first kappa shape index (κ1) is 8.85. The Labute approximate surface area is 85.1 Å². The Morgan fingerprint density at radius 2 is 1.92 bits per heavy atom. The molecule has 0 aromatic heterocycles. The summed E-state index contributed by atoms with van der Waals surface area (Å²) in [6.07, 6.45) is 1.09. The number of hydrogen-bond donors (Lipinski definition) is 1. The second kappa shape index (κ2) is 2.89. The van der Waals surface area contributed by atoms with Crippen molar-refractivity contribution in [3.05, 3.63) is 27.2 Å². The van der Waals surface area contributed by atoms with Crippen LogP contribution in [-0.2, 0) is 6.42 Å². The van der Waals surface area contributed by atoms with Gasteiger partial charge in [-0.1, -0.05) is 23.2 Å². The second-order valence-corrected chi connectivity index (χ2v) is 3.74. The van der Waals surface area contributed by atoms with Gasteiger partial charge in [0.2, 0.25) is 0 Å². The zero-order valence-electron chi connectivity index (χ0n) is 6.60. The number of fused-ring (bicyclic) bond motifs is 1. The number of carbonyl (C=O) groups excluding carboxylic acids is 1. The normalized spacial score (nSPS) is 14.8. The Kier molecular flexibility index (Phi) is 1.97. The minimum absolute atomic E-state index is 0.00176. The number of phenolic OH excluding ortho intramolecular Hbond substituents is 1. The number of carbonyl (C=O) groups is 1. The third-order valence-corrected chi connectivity index (χ3v) is 3.03. The third kappa shape index (κ3) is 1.21. The molecule has 0 spiro atoms. The van der Waals surface area contributed by atoms with Crippen molar-refractivity contribution in [2.45, 2.75) is 12.8 Å². The highest BCUT2D eigenvalue weighted by atomic mass is 35.5. The summed E-state index contributed by atoms with van der Waals surface area (Å²) in [5.41, 5.74) is 1.27. The molecule has 0 aliphatic heterocycles. The molecule has 0 bridgehead atoms. The number of rotatable bonds is 0. The minimum atomic E-state index is -0.0554. The van der Waals surface area contributed by atoms with Gasteiger partial charge < -0.3 is 5.11 Å². The van der Waals surface area contributed by atoms with E-state index in [1.54, 1.807) is 0 Å². The van der Waals surface area contributed by atoms with E-state index in [0.717, 1.165) is 5.56 Å².